The molecule has 1 aliphatic heterocycles. The summed E-state index contributed by atoms with van der Waals surface area (Å²) in [5.74, 6) is 0. The van der Waals surface area contributed by atoms with Gasteiger partial charge >= 0.3 is 0 Å². The van der Waals surface area contributed by atoms with Gasteiger partial charge in [0, 0.05) is 38.9 Å². The second-order valence-corrected chi connectivity index (χ2v) is 3.76. The van der Waals surface area contributed by atoms with Crippen LogP contribution < -0.4 is 5.32 Å². The number of nitrogens with zero attached hydrogens (tertiary/aromatic N) is 2. The van der Waals surface area contributed by atoms with Gasteiger partial charge in [0.25, 0.3) is 0 Å². The first-order valence-electron chi connectivity index (χ1n) is 4.85. The molecule has 1 saturated heterocycles. The highest BCUT2D eigenvalue weighted by Gasteiger charge is 2.17. The van der Waals surface area contributed by atoms with Crippen molar-refractivity contribution in [3.05, 3.63) is 0 Å². The first-order valence-corrected chi connectivity index (χ1v) is 4.85. The molecule has 3 nitrogen and oxygen atoms in total. The predicted octanol–water partition coefficient (Wildman–Crippen LogP) is 0.189. The van der Waals surface area contributed by atoms with E-state index in [0.717, 1.165) is 6.67 Å². The van der Waals surface area contributed by atoms with E-state index in [9.17, 15) is 0 Å². The van der Waals surface area contributed by atoms with Crippen LogP contribution in [0.1, 0.15) is 13.8 Å². The molecule has 0 aromatic carbocycles. The van der Waals surface area contributed by atoms with Gasteiger partial charge in [-0.3, -0.25) is 9.80 Å². The first-order chi connectivity index (χ1) is 5.74. The molecule has 0 amide bonds. The molecule has 12 heavy (non-hydrogen) atoms. The van der Waals surface area contributed by atoms with Gasteiger partial charge < -0.3 is 5.32 Å². The molecule has 0 saturated carbocycles. The second kappa shape index (κ2) is 4.80. The number of nitrogens with one attached hydrogen (secondary N) is 1. The van der Waals surface area contributed by atoms with Crippen LogP contribution in [0.4, 0.5) is 0 Å². The molecule has 1 N–H and O–H groups in total. The first kappa shape index (κ1) is 9.96. The Bertz CT molecular complexity index is 117. The smallest absolute Gasteiger partial charge is 0.0479 e. The van der Waals surface area contributed by atoms with E-state index in [2.05, 4.69) is 29.0 Å². The number of rotatable bonds is 3. The molecule has 0 aliphatic carbocycles. The molecular weight excluding hydrogens is 150 g/mol. The van der Waals surface area contributed by atoms with Gasteiger partial charge in [-0.15, -0.1) is 0 Å². The standard InChI is InChI=1S/C9H21N3/c1-9(2)12-6-4-11(5-7-12)8-10-3/h9-10H,4-8H2,1-3H3. The van der Waals surface area contributed by atoms with Gasteiger partial charge in [-0.2, -0.15) is 0 Å². The third-order valence-corrected chi connectivity index (χ3v) is 2.52. The van der Waals surface area contributed by atoms with Crippen LogP contribution in [0.15, 0.2) is 0 Å². The zero-order chi connectivity index (χ0) is 8.97. The van der Waals surface area contributed by atoms with Crippen LogP contribution in [0.2, 0.25) is 0 Å². The SMILES string of the molecule is CNCN1CCN(C(C)C)CC1. The number of piperazine rings is 1. The van der Waals surface area contributed by atoms with Crippen LogP contribution in [0.25, 0.3) is 0 Å². The van der Waals surface area contributed by atoms with Gasteiger partial charge in [-0.1, -0.05) is 0 Å². The van der Waals surface area contributed by atoms with Crippen molar-refractivity contribution >= 4 is 0 Å². The molecule has 1 heterocycles. The summed E-state index contributed by atoms with van der Waals surface area (Å²) in [7, 11) is 2.01. The molecular formula is C9H21N3. The Morgan fingerprint density at radius 2 is 1.75 bits per heavy atom. The van der Waals surface area contributed by atoms with Crippen molar-refractivity contribution in [1.82, 2.24) is 15.1 Å². The van der Waals surface area contributed by atoms with E-state index in [1.807, 2.05) is 7.05 Å². The summed E-state index contributed by atoms with van der Waals surface area (Å²) in [4.78, 5) is 4.99. The highest BCUT2D eigenvalue weighted by Crippen LogP contribution is 2.04. The van der Waals surface area contributed by atoms with Crippen LogP contribution in [0.5, 0.6) is 0 Å². The molecule has 0 atom stereocenters. The maximum Gasteiger partial charge on any atom is 0.0479 e. The lowest BCUT2D eigenvalue weighted by atomic mass is 10.2. The summed E-state index contributed by atoms with van der Waals surface area (Å²) in [5, 5.41) is 3.19. The third-order valence-electron chi connectivity index (χ3n) is 2.52. The van der Waals surface area contributed by atoms with Crippen molar-refractivity contribution in [2.45, 2.75) is 19.9 Å². The Morgan fingerprint density at radius 1 is 1.17 bits per heavy atom. The average molecular weight is 171 g/mol. The van der Waals surface area contributed by atoms with Crippen LogP contribution in [-0.2, 0) is 0 Å². The molecule has 1 rings (SSSR count). The van der Waals surface area contributed by atoms with Crippen LogP contribution >= 0.6 is 0 Å². The zero-order valence-corrected chi connectivity index (χ0v) is 8.51. The van der Waals surface area contributed by atoms with Gasteiger partial charge in [0.2, 0.25) is 0 Å². The number of hydrogen-bond donors (Lipinski definition) is 1. The highest BCUT2D eigenvalue weighted by atomic mass is 15.3. The largest absolute Gasteiger partial charge is 0.307 e. The van der Waals surface area contributed by atoms with E-state index in [0.29, 0.717) is 6.04 Å². The van der Waals surface area contributed by atoms with E-state index >= 15 is 0 Å². The molecule has 0 spiro atoms. The van der Waals surface area contributed by atoms with Crippen LogP contribution in [0, 0.1) is 0 Å². The summed E-state index contributed by atoms with van der Waals surface area (Å²) >= 11 is 0. The van der Waals surface area contributed by atoms with Gasteiger partial charge in [-0.25, -0.2) is 0 Å². The second-order valence-electron chi connectivity index (χ2n) is 3.76. The quantitative estimate of drug-likeness (QED) is 0.654. The Hall–Kier alpha value is -0.120. The average Bonchev–Trinajstić information content (AvgIpc) is 2.06. The Morgan fingerprint density at radius 3 is 2.17 bits per heavy atom. The van der Waals surface area contributed by atoms with Crippen LogP contribution in [-0.4, -0.2) is 55.7 Å². The summed E-state index contributed by atoms with van der Waals surface area (Å²) < 4.78 is 0. The summed E-state index contributed by atoms with van der Waals surface area (Å²) in [6.45, 7) is 10.4. The Kier molecular flexibility index (Phi) is 3.98. The van der Waals surface area contributed by atoms with Gasteiger partial charge in [0.05, 0.1) is 0 Å². The zero-order valence-electron chi connectivity index (χ0n) is 8.51. The monoisotopic (exact) mass is 171 g/mol. The van der Waals surface area contributed by atoms with E-state index in [-0.39, 0.29) is 0 Å². The van der Waals surface area contributed by atoms with E-state index in [4.69, 9.17) is 0 Å². The maximum absolute atomic E-state index is 3.19. The molecule has 1 aliphatic rings. The molecule has 0 bridgehead atoms. The molecule has 0 aromatic heterocycles. The van der Waals surface area contributed by atoms with Crippen molar-refractivity contribution in [3.8, 4) is 0 Å². The lowest BCUT2D eigenvalue weighted by Crippen LogP contribution is -2.50. The van der Waals surface area contributed by atoms with Crippen LogP contribution in [0.3, 0.4) is 0 Å². The van der Waals surface area contributed by atoms with E-state index in [1.165, 1.54) is 26.2 Å². The maximum atomic E-state index is 3.19. The minimum atomic E-state index is 0.710. The summed E-state index contributed by atoms with van der Waals surface area (Å²) in [6.07, 6.45) is 0. The fourth-order valence-electron chi connectivity index (χ4n) is 1.66. The van der Waals surface area contributed by atoms with E-state index < -0.39 is 0 Å². The Labute approximate surface area is 75.7 Å². The van der Waals surface area contributed by atoms with Gasteiger partial charge in [0.15, 0.2) is 0 Å². The summed E-state index contributed by atoms with van der Waals surface area (Å²) in [5.41, 5.74) is 0. The topological polar surface area (TPSA) is 18.5 Å². The number of hydrogen-bond acceptors (Lipinski definition) is 3. The van der Waals surface area contributed by atoms with Gasteiger partial charge in [0.1, 0.15) is 0 Å². The van der Waals surface area contributed by atoms with Gasteiger partial charge in [-0.05, 0) is 20.9 Å². The minimum Gasteiger partial charge on any atom is -0.307 e. The molecule has 3 heteroatoms. The fraction of sp³-hybridized carbons (Fsp3) is 1.00. The van der Waals surface area contributed by atoms with Crippen molar-refractivity contribution in [1.29, 1.82) is 0 Å². The summed E-state index contributed by atoms with van der Waals surface area (Å²) in [6, 6.07) is 0.710. The molecule has 72 valence electrons. The predicted molar refractivity (Wildman–Crippen MR) is 52.2 cm³/mol. The van der Waals surface area contributed by atoms with Crippen molar-refractivity contribution < 1.29 is 0 Å². The molecule has 0 unspecified atom stereocenters. The molecule has 0 aromatic rings. The van der Waals surface area contributed by atoms with Crippen molar-refractivity contribution in [2.75, 3.05) is 39.9 Å². The third kappa shape index (κ3) is 2.73. The normalized spacial score (nSPS) is 22.0. The van der Waals surface area contributed by atoms with E-state index in [1.54, 1.807) is 0 Å². The van der Waals surface area contributed by atoms with Crippen molar-refractivity contribution in [2.24, 2.45) is 0 Å². The van der Waals surface area contributed by atoms with Crippen molar-refractivity contribution in [3.63, 3.8) is 0 Å². The fourth-order valence-corrected chi connectivity index (χ4v) is 1.66. The highest BCUT2D eigenvalue weighted by molar-refractivity contribution is 4.73. The minimum absolute atomic E-state index is 0.710. The lowest BCUT2D eigenvalue weighted by molar-refractivity contribution is 0.104. The molecule has 0 radical (unpaired) electrons. The lowest BCUT2D eigenvalue weighted by Gasteiger charge is -2.36. The molecule has 1 fully saturated rings. The Balaban J connectivity index is 2.20.